The van der Waals surface area contributed by atoms with Gasteiger partial charge in [0.15, 0.2) is 0 Å². The molecule has 0 saturated heterocycles. The Morgan fingerprint density at radius 1 is 1.26 bits per heavy atom. The fourth-order valence-electron chi connectivity index (χ4n) is 2.80. The normalized spacial score (nSPS) is 18.5. The van der Waals surface area contributed by atoms with Gasteiger partial charge in [0.1, 0.15) is 5.82 Å². The van der Waals surface area contributed by atoms with Crippen LogP contribution in [0.4, 0.5) is 10.1 Å². The molecule has 3 heteroatoms. The van der Waals surface area contributed by atoms with Gasteiger partial charge in [-0.15, -0.1) is 0 Å². The maximum Gasteiger partial charge on any atom is 0.123 e. The van der Waals surface area contributed by atoms with Gasteiger partial charge in [0.2, 0.25) is 0 Å². The molecule has 0 spiro atoms. The van der Waals surface area contributed by atoms with Gasteiger partial charge in [-0.2, -0.15) is 0 Å². The Hall–Kier alpha value is -1.87. The molecule has 0 aromatic heterocycles. The van der Waals surface area contributed by atoms with Gasteiger partial charge in [-0.05, 0) is 48.1 Å². The molecular weight excluding hydrogens is 241 g/mol. The van der Waals surface area contributed by atoms with Crippen molar-refractivity contribution in [2.75, 3.05) is 5.73 Å². The van der Waals surface area contributed by atoms with Gasteiger partial charge in [0.25, 0.3) is 0 Å². The van der Waals surface area contributed by atoms with E-state index in [-0.39, 0.29) is 5.82 Å². The molecule has 2 aromatic carbocycles. The van der Waals surface area contributed by atoms with Crippen LogP contribution in [0, 0.1) is 5.82 Å². The molecule has 19 heavy (non-hydrogen) atoms. The number of aliphatic hydroxyl groups excluding tert-OH is 1. The van der Waals surface area contributed by atoms with Crippen LogP contribution >= 0.6 is 0 Å². The summed E-state index contributed by atoms with van der Waals surface area (Å²) in [5, 5.41) is 10.2. The third kappa shape index (κ3) is 2.22. The highest BCUT2D eigenvalue weighted by atomic mass is 19.1. The summed E-state index contributed by atoms with van der Waals surface area (Å²) in [7, 11) is 0. The number of rotatable bonds is 3. The van der Waals surface area contributed by atoms with Crippen LogP contribution in [0.2, 0.25) is 0 Å². The molecule has 98 valence electrons. The summed E-state index contributed by atoms with van der Waals surface area (Å²) in [6.07, 6.45) is 0.849. The van der Waals surface area contributed by atoms with E-state index in [9.17, 15) is 9.50 Å². The number of nitrogen functional groups attached to an aromatic ring is 1. The molecule has 2 aromatic rings. The second-order valence-electron chi connectivity index (χ2n) is 5.12. The average molecular weight is 257 g/mol. The number of fused-ring (bicyclic) bond motifs is 1. The summed E-state index contributed by atoms with van der Waals surface area (Å²) in [5.74, 6) is -0.0221. The number of nitrogens with two attached hydrogens (primary N) is 1. The van der Waals surface area contributed by atoms with Gasteiger partial charge in [-0.3, -0.25) is 0 Å². The Bertz CT molecular complexity index is 611. The minimum absolute atomic E-state index is 0.342. The van der Waals surface area contributed by atoms with E-state index in [0.717, 1.165) is 6.42 Å². The summed E-state index contributed by atoms with van der Waals surface area (Å²) >= 11 is 0. The Labute approximate surface area is 111 Å². The first-order chi connectivity index (χ1) is 9.15. The predicted octanol–water partition coefficient (Wildman–Crippen LogP) is 3.17. The summed E-state index contributed by atoms with van der Waals surface area (Å²) in [6.45, 7) is 0. The number of halogens is 1. The molecule has 0 aliphatic heterocycles. The van der Waals surface area contributed by atoms with Crippen molar-refractivity contribution in [1.29, 1.82) is 0 Å². The first kappa shape index (κ1) is 12.2. The van der Waals surface area contributed by atoms with Gasteiger partial charge >= 0.3 is 0 Å². The standard InChI is InChI=1S/C16H16FNO/c17-12-5-6-15(18)14(9-12)16(19)8-11-7-10-3-1-2-4-13(10)11/h1-6,9,11,16,19H,7-8,18H2. The lowest BCUT2D eigenvalue weighted by Gasteiger charge is -2.32. The zero-order chi connectivity index (χ0) is 13.4. The van der Waals surface area contributed by atoms with E-state index in [1.807, 2.05) is 12.1 Å². The van der Waals surface area contributed by atoms with E-state index in [1.165, 1.54) is 29.3 Å². The number of anilines is 1. The molecule has 3 N–H and O–H groups in total. The lowest BCUT2D eigenvalue weighted by Crippen LogP contribution is -2.19. The summed E-state index contributed by atoms with van der Waals surface area (Å²) in [4.78, 5) is 0. The molecule has 0 heterocycles. The monoisotopic (exact) mass is 257 g/mol. The highest BCUT2D eigenvalue weighted by molar-refractivity contribution is 5.48. The van der Waals surface area contributed by atoms with Crippen LogP contribution in [-0.2, 0) is 6.42 Å². The zero-order valence-electron chi connectivity index (χ0n) is 10.5. The molecule has 2 unspecified atom stereocenters. The van der Waals surface area contributed by atoms with E-state index in [2.05, 4.69) is 12.1 Å². The van der Waals surface area contributed by atoms with Crippen molar-refractivity contribution < 1.29 is 9.50 Å². The summed E-state index contributed by atoms with van der Waals surface area (Å²) < 4.78 is 13.2. The van der Waals surface area contributed by atoms with Crippen molar-refractivity contribution in [2.45, 2.75) is 24.9 Å². The molecule has 2 atom stereocenters. The van der Waals surface area contributed by atoms with Gasteiger partial charge in [-0.1, -0.05) is 24.3 Å². The second-order valence-corrected chi connectivity index (χ2v) is 5.12. The summed E-state index contributed by atoms with van der Waals surface area (Å²) in [5.41, 5.74) is 9.36. The maximum atomic E-state index is 13.2. The van der Waals surface area contributed by atoms with Gasteiger partial charge in [0, 0.05) is 11.3 Å². The molecule has 0 radical (unpaired) electrons. The van der Waals surface area contributed by atoms with E-state index < -0.39 is 6.10 Å². The van der Waals surface area contributed by atoms with Crippen LogP contribution < -0.4 is 5.73 Å². The topological polar surface area (TPSA) is 46.2 Å². The Balaban J connectivity index is 1.76. The Morgan fingerprint density at radius 3 is 2.84 bits per heavy atom. The van der Waals surface area contributed by atoms with E-state index in [0.29, 0.717) is 23.6 Å². The lowest BCUT2D eigenvalue weighted by molar-refractivity contribution is 0.154. The molecule has 3 rings (SSSR count). The smallest absolute Gasteiger partial charge is 0.123 e. The predicted molar refractivity (Wildman–Crippen MR) is 73.3 cm³/mol. The maximum absolute atomic E-state index is 13.2. The van der Waals surface area contributed by atoms with Crippen molar-refractivity contribution in [1.82, 2.24) is 0 Å². The minimum atomic E-state index is -0.714. The van der Waals surface area contributed by atoms with Crippen molar-refractivity contribution in [3.63, 3.8) is 0 Å². The highest BCUT2D eigenvalue weighted by Crippen LogP contribution is 2.41. The highest BCUT2D eigenvalue weighted by Gasteiger charge is 2.28. The zero-order valence-corrected chi connectivity index (χ0v) is 10.5. The molecule has 0 bridgehead atoms. The molecule has 0 amide bonds. The van der Waals surface area contributed by atoms with Crippen LogP contribution in [0.1, 0.15) is 35.1 Å². The van der Waals surface area contributed by atoms with Gasteiger partial charge < -0.3 is 10.8 Å². The van der Waals surface area contributed by atoms with Crippen molar-refractivity contribution >= 4 is 5.69 Å². The van der Waals surface area contributed by atoms with E-state index in [1.54, 1.807) is 0 Å². The van der Waals surface area contributed by atoms with Gasteiger partial charge in [0.05, 0.1) is 6.10 Å². The van der Waals surface area contributed by atoms with Crippen LogP contribution in [0.5, 0.6) is 0 Å². The lowest BCUT2D eigenvalue weighted by atomic mass is 9.74. The molecule has 0 fully saturated rings. The van der Waals surface area contributed by atoms with Crippen molar-refractivity contribution in [3.8, 4) is 0 Å². The fraction of sp³-hybridized carbons (Fsp3) is 0.250. The minimum Gasteiger partial charge on any atom is -0.398 e. The van der Waals surface area contributed by atoms with Crippen LogP contribution in [0.3, 0.4) is 0 Å². The SMILES string of the molecule is Nc1ccc(F)cc1C(O)CC1Cc2ccccc21. The fourth-order valence-corrected chi connectivity index (χ4v) is 2.80. The molecule has 0 saturated carbocycles. The van der Waals surface area contributed by atoms with Crippen molar-refractivity contribution in [3.05, 3.63) is 65.0 Å². The molecular formula is C16H16FNO. The molecule has 1 aliphatic rings. The van der Waals surface area contributed by atoms with Crippen LogP contribution in [0.15, 0.2) is 42.5 Å². The van der Waals surface area contributed by atoms with Gasteiger partial charge in [-0.25, -0.2) is 4.39 Å². The van der Waals surface area contributed by atoms with Crippen molar-refractivity contribution in [2.24, 2.45) is 0 Å². The first-order valence-corrected chi connectivity index (χ1v) is 6.46. The molecule has 2 nitrogen and oxygen atoms in total. The van der Waals surface area contributed by atoms with Crippen LogP contribution in [-0.4, -0.2) is 5.11 Å². The molecule has 1 aliphatic carbocycles. The second kappa shape index (κ2) is 4.67. The Morgan fingerprint density at radius 2 is 2.05 bits per heavy atom. The number of benzene rings is 2. The average Bonchev–Trinajstić information content (AvgIpc) is 2.38. The third-order valence-corrected chi connectivity index (χ3v) is 3.88. The number of hydrogen-bond donors (Lipinski definition) is 2. The largest absolute Gasteiger partial charge is 0.398 e. The quantitative estimate of drug-likeness (QED) is 0.830. The first-order valence-electron chi connectivity index (χ1n) is 6.46. The number of aliphatic hydroxyl groups is 1. The summed E-state index contributed by atoms with van der Waals surface area (Å²) in [6, 6.07) is 12.4. The van der Waals surface area contributed by atoms with Crippen LogP contribution in [0.25, 0.3) is 0 Å². The Kier molecular flexibility index (Phi) is 2.99. The van der Waals surface area contributed by atoms with E-state index in [4.69, 9.17) is 5.73 Å². The van der Waals surface area contributed by atoms with E-state index >= 15 is 0 Å². The number of hydrogen-bond acceptors (Lipinski definition) is 2. The third-order valence-electron chi connectivity index (χ3n) is 3.88.